The summed E-state index contributed by atoms with van der Waals surface area (Å²) in [6.45, 7) is 4.29. The number of hydrogen-bond donors (Lipinski definition) is 0. The minimum absolute atomic E-state index is 0.0776. The van der Waals surface area contributed by atoms with Crippen LogP contribution < -0.4 is 4.74 Å². The summed E-state index contributed by atoms with van der Waals surface area (Å²) < 4.78 is 29.9. The van der Waals surface area contributed by atoms with Crippen LogP contribution >= 0.6 is 0 Å². The third-order valence-corrected chi connectivity index (χ3v) is 8.35. The van der Waals surface area contributed by atoms with E-state index in [4.69, 9.17) is 4.74 Å². The van der Waals surface area contributed by atoms with E-state index in [1.807, 2.05) is 24.3 Å². The van der Waals surface area contributed by atoms with Crippen molar-refractivity contribution in [2.75, 3.05) is 12.4 Å². The monoisotopic (exact) mass is 392 g/mol. The number of rotatable bonds is 9. The smallest absolute Gasteiger partial charge is 0.152 e. The lowest BCUT2D eigenvalue weighted by Crippen LogP contribution is -2.29. The largest absolute Gasteiger partial charge is 0.493 e. The van der Waals surface area contributed by atoms with Gasteiger partial charge in [-0.25, -0.2) is 8.42 Å². The number of hydrogen-bond acceptors (Lipinski definition) is 4. The predicted octanol–water partition coefficient (Wildman–Crippen LogP) is 4.22. The normalized spacial score (nSPS) is 23.4. The Morgan fingerprint density at radius 2 is 1.59 bits per heavy atom. The molecule has 0 atom stereocenters. The van der Waals surface area contributed by atoms with Crippen LogP contribution in [0.1, 0.15) is 57.9 Å². The Kier molecular flexibility index (Phi) is 6.61. The summed E-state index contributed by atoms with van der Waals surface area (Å²) in [6.07, 6.45) is 6.34. The van der Waals surface area contributed by atoms with Crippen molar-refractivity contribution in [2.24, 2.45) is 17.8 Å². The van der Waals surface area contributed by atoms with Gasteiger partial charge in [-0.3, -0.25) is 4.79 Å². The summed E-state index contributed by atoms with van der Waals surface area (Å²) in [6, 6.07) is 7.89. The van der Waals surface area contributed by atoms with Crippen molar-refractivity contribution in [1.82, 2.24) is 0 Å². The SMILES string of the molecule is CC(C)S(=O)(=O)CC1CCC(C(=O)Cc2ccc(OCC3CC3)cc2)CC1. The van der Waals surface area contributed by atoms with E-state index in [-0.39, 0.29) is 28.6 Å². The van der Waals surface area contributed by atoms with Gasteiger partial charge in [0.15, 0.2) is 9.84 Å². The van der Waals surface area contributed by atoms with Crippen LogP contribution in [0.25, 0.3) is 0 Å². The predicted molar refractivity (Wildman–Crippen MR) is 108 cm³/mol. The minimum Gasteiger partial charge on any atom is -0.493 e. The first-order valence-corrected chi connectivity index (χ1v) is 12.0. The molecule has 0 heterocycles. The van der Waals surface area contributed by atoms with Crippen molar-refractivity contribution in [3.8, 4) is 5.75 Å². The lowest BCUT2D eigenvalue weighted by Gasteiger charge is -2.28. The van der Waals surface area contributed by atoms with Crippen LogP contribution in [0.2, 0.25) is 0 Å². The van der Waals surface area contributed by atoms with E-state index in [2.05, 4.69) is 0 Å². The van der Waals surface area contributed by atoms with Crippen LogP contribution in [-0.4, -0.2) is 31.8 Å². The molecule has 0 bridgehead atoms. The molecule has 2 aliphatic carbocycles. The van der Waals surface area contributed by atoms with E-state index in [1.54, 1.807) is 13.8 Å². The van der Waals surface area contributed by atoms with Gasteiger partial charge in [0, 0.05) is 12.3 Å². The zero-order valence-electron chi connectivity index (χ0n) is 16.5. The number of Topliss-reactive ketones (excluding diaryl/α,β-unsaturated/α-hetero) is 1. The summed E-state index contributed by atoms with van der Waals surface area (Å²) in [7, 11) is -2.99. The van der Waals surface area contributed by atoms with E-state index in [0.29, 0.717) is 6.42 Å². The Morgan fingerprint density at radius 3 is 2.15 bits per heavy atom. The molecular weight excluding hydrogens is 360 g/mol. The van der Waals surface area contributed by atoms with E-state index >= 15 is 0 Å². The average Bonchev–Trinajstić information content (AvgIpc) is 3.46. The first kappa shape index (κ1) is 20.4. The molecule has 150 valence electrons. The number of benzene rings is 1. The van der Waals surface area contributed by atoms with Crippen molar-refractivity contribution >= 4 is 15.6 Å². The second-order valence-electron chi connectivity index (χ2n) is 8.64. The van der Waals surface area contributed by atoms with Gasteiger partial charge in [-0.15, -0.1) is 0 Å². The molecule has 1 aromatic carbocycles. The van der Waals surface area contributed by atoms with Gasteiger partial charge in [0.05, 0.1) is 17.6 Å². The maximum Gasteiger partial charge on any atom is 0.152 e. The lowest BCUT2D eigenvalue weighted by atomic mass is 9.79. The maximum atomic E-state index is 12.6. The quantitative estimate of drug-likeness (QED) is 0.631. The van der Waals surface area contributed by atoms with Crippen LogP contribution in [0.3, 0.4) is 0 Å². The number of carbonyl (C=O) groups is 1. The van der Waals surface area contributed by atoms with Gasteiger partial charge in [-0.05, 0) is 81.9 Å². The van der Waals surface area contributed by atoms with Gasteiger partial charge >= 0.3 is 0 Å². The molecule has 3 rings (SSSR count). The fourth-order valence-corrected chi connectivity index (χ4v) is 5.10. The van der Waals surface area contributed by atoms with Gasteiger partial charge in [-0.1, -0.05) is 12.1 Å². The molecule has 27 heavy (non-hydrogen) atoms. The molecule has 0 radical (unpaired) electrons. The third kappa shape index (κ3) is 6.06. The van der Waals surface area contributed by atoms with Crippen LogP contribution in [0.4, 0.5) is 0 Å². The number of sulfone groups is 1. The summed E-state index contributed by atoms with van der Waals surface area (Å²) in [5.74, 6) is 2.46. The van der Waals surface area contributed by atoms with Crippen molar-refractivity contribution in [3.63, 3.8) is 0 Å². The zero-order valence-corrected chi connectivity index (χ0v) is 17.3. The van der Waals surface area contributed by atoms with E-state index in [9.17, 15) is 13.2 Å². The maximum absolute atomic E-state index is 12.6. The highest BCUT2D eigenvalue weighted by Crippen LogP contribution is 2.32. The fourth-order valence-electron chi connectivity index (χ4n) is 3.72. The first-order chi connectivity index (χ1) is 12.8. The Balaban J connectivity index is 1.43. The van der Waals surface area contributed by atoms with E-state index in [1.165, 1.54) is 12.8 Å². The third-order valence-electron chi connectivity index (χ3n) is 5.97. The fraction of sp³-hybridized carbons (Fsp3) is 0.682. The van der Waals surface area contributed by atoms with Crippen LogP contribution in [-0.2, 0) is 21.1 Å². The Bertz CT molecular complexity index is 724. The highest BCUT2D eigenvalue weighted by molar-refractivity contribution is 7.91. The van der Waals surface area contributed by atoms with Crippen molar-refractivity contribution in [2.45, 2.75) is 64.0 Å². The molecule has 2 saturated carbocycles. The summed E-state index contributed by atoms with van der Waals surface area (Å²) in [4.78, 5) is 12.6. The van der Waals surface area contributed by atoms with Crippen LogP contribution in [0.15, 0.2) is 24.3 Å². The topological polar surface area (TPSA) is 60.4 Å². The van der Waals surface area contributed by atoms with Crippen LogP contribution in [0.5, 0.6) is 5.75 Å². The molecular formula is C22H32O4S. The van der Waals surface area contributed by atoms with E-state index in [0.717, 1.165) is 49.5 Å². The van der Waals surface area contributed by atoms with Gasteiger partial charge in [0.25, 0.3) is 0 Å². The highest BCUT2D eigenvalue weighted by Gasteiger charge is 2.30. The molecule has 4 nitrogen and oxygen atoms in total. The lowest BCUT2D eigenvalue weighted by molar-refractivity contribution is -0.123. The number of carbonyl (C=O) groups excluding carboxylic acids is 1. The zero-order chi connectivity index (χ0) is 19.4. The summed E-state index contributed by atoms with van der Waals surface area (Å²) in [5.41, 5.74) is 1.03. The van der Waals surface area contributed by atoms with E-state index < -0.39 is 9.84 Å². The molecule has 0 saturated heterocycles. The molecule has 0 aromatic heterocycles. The molecule has 0 N–H and O–H groups in total. The summed E-state index contributed by atoms with van der Waals surface area (Å²) in [5, 5.41) is -0.312. The second kappa shape index (κ2) is 8.76. The molecule has 0 spiro atoms. The standard InChI is InChI=1S/C22H32O4S/c1-16(2)27(24,25)15-19-5-9-20(10-6-19)22(23)13-17-7-11-21(12-8-17)26-14-18-3-4-18/h7-8,11-12,16,18-20H,3-6,9-10,13-15H2,1-2H3. The Labute approximate surface area is 163 Å². The molecule has 2 fully saturated rings. The average molecular weight is 393 g/mol. The second-order valence-corrected chi connectivity index (χ2v) is 11.2. The summed E-state index contributed by atoms with van der Waals surface area (Å²) >= 11 is 0. The number of ketones is 1. The highest BCUT2D eigenvalue weighted by atomic mass is 32.2. The molecule has 0 amide bonds. The van der Waals surface area contributed by atoms with Crippen molar-refractivity contribution in [3.05, 3.63) is 29.8 Å². The van der Waals surface area contributed by atoms with Gasteiger partial charge < -0.3 is 4.74 Å². The molecule has 2 aliphatic rings. The Hall–Kier alpha value is -1.36. The van der Waals surface area contributed by atoms with Gasteiger partial charge in [0.1, 0.15) is 11.5 Å². The van der Waals surface area contributed by atoms with Crippen molar-refractivity contribution < 1.29 is 17.9 Å². The molecule has 1 aromatic rings. The minimum atomic E-state index is -2.99. The Morgan fingerprint density at radius 1 is 1.00 bits per heavy atom. The first-order valence-electron chi connectivity index (χ1n) is 10.3. The van der Waals surface area contributed by atoms with Crippen LogP contribution in [0, 0.1) is 17.8 Å². The molecule has 5 heteroatoms. The number of ether oxygens (including phenoxy) is 1. The molecule has 0 unspecified atom stereocenters. The van der Waals surface area contributed by atoms with Gasteiger partial charge in [-0.2, -0.15) is 0 Å². The molecule has 0 aliphatic heterocycles. The van der Waals surface area contributed by atoms with Crippen molar-refractivity contribution in [1.29, 1.82) is 0 Å². The van der Waals surface area contributed by atoms with Gasteiger partial charge in [0.2, 0.25) is 0 Å².